The minimum absolute atomic E-state index is 0.116. The Bertz CT molecular complexity index is 1080. The van der Waals surface area contributed by atoms with Gasteiger partial charge in [0, 0.05) is 42.9 Å². The summed E-state index contributed by atoms with van der Waals surface area (Å²) < 4.78 is 13.8. The van der Waals surface area contributed by atoms with Gasteiger partial charge in [0.1, 0.15) is 0 Å². The molecule has 0 saturated heterocycles. The summed E-state index contributed by atoms with van der Waals surface area (Å²) in [5.74, 6) is 0.896. The second-order valence-corrected chi connectivity index (χ2v) is 5.54. The van der Waals surface area contributed by atoms with Crippen molar-refractivity contribution in [3.05, 3.63) is 44.5 Å². The highest BCUT2D eigenvalue weighted by molar-refractivity contribution is 7.75. The van der Waals surface area contributed by atoms with Gasteiger partial charge in [-0.1, -0.05) is 0 Å². The van der Waals surface area contributed by atoms with Crippen LogP contribution in [0.4, 0.5) is 0 Å². The zero-order valence-corrected chi connectivity index (χ0v) is 12.8. The third-order valence-corrected chi connectivity index (χ3v) is 4.35. The number of ether oxygens (including phenoxy) is 1. The lowest BCUT2D eigenvalue weighted by atomic mass is 10.0. The summed E-state index contributed by atoms with van der Waals surface area (Å²) in [6.07, 6.45) is 0. The number of hydrogen-bond donors (Lipinski definition) is 1. The second-order valence-electron chi connectivity index (χ2n) is 5.36. The zero-order valence-electron chi connectivity index (χ0n) is 11.9. The number of pyridine rings is 2. The van der Waals surface area contributed by atoms with Crippen molar-refractivity contribution in [3.8, 4) is 11.5 Å². The fourth-order valence-corrected chi connectivity index (χ4v) is 3.20. The lowest BCUT2D eigenvalue weighted by molar-refractivity contribution is 0.268. The molecule has 0 aliphatic carbocycles. The highest BCUT2D eigenvalue weighted by Gasteiger charge is 2.24. The van der Waals surface area contributed by atoms with E-state index in [-0.39, 0.29) is 17.8 Å². The molecule has 22 heavy (non-hydrogen) atoms. The number of aromatic nitrogens is 2. The smallest absolute Gasteiger partial charge is 0.254 e. The van der Waals surface area contributed by atoms with E-state index in [1.807, 2.05) is 13.0 Å². The Labute approximate surface area is 130 Å². The highest BCUT2D eigenvalue weighted by atomic mass is 32.1. The largest absolute Gasteiger partial charge is 0.468 e. The van der Waals surface area contributed by atoms with Crippen LogP contribution in [0.25, 0.3) is 21.8 Å². The van der Waals surface area contributed by atoms with Gasteiger partial charge in [-0.3, -0.25) is 14.2 Å². The van der Waals surface area contributed by atoms with E-state index in [0.29, 0.717) is 22.5 Å². The average molecular weight is 316 g/mol. The molecule has 1 aliphatic rings. The van der Waals surface area contributed by atoms with E-state index in [4.69, 9.17) is 8.92 Å². The van der Waals surface area contributed by atoms with Crippen molar-refractivity contribution in [2.75, 3.05) is 0 Å². The molecule has 0 saturated carbocycles. The first kappa shape index (κ1) is 13.3. The van der Waals surface area contributed by atoms with Gasteiger partial charge in [0.25, 0.3) is 11.1 Å². The van der Waals surface area contributed by atoms with Gasteiger partial charge in [-0.05, 0) is 18.6 Å². The average Bonchev–Trinajstić information content (AvgIpc) is 2.93. The van der Waals surface area contributed by atoms with Gasteiger partial charge in [0.05, 0.1) is 11.0 Å². The monoisotopic (exact) mass is 316 g/mol. The van der Waals surface area contributed by atoms with Crippen LogP contribution in [0.2, 0.25) is 0 Å². The summed E-state index contributed by atoms with van der Waals surface area (Å²) in [5, 5.41) is 1.61. The van der Waals surface area contributed by atoms with Crippen molar-refractivity contribution < 1.29 is 8.92 Å². The first-order valence-electron chi connectivity index (χ1n) is 6.68. The number of thiol groups is 1. The molecule has 0 fully saturated rings. The van der Waals surface area contributed by atoms with Gasteiger partial charge in [-0.15, -0.1) is 0 Å². The van der Waals surface area contributed by atoms with E-state index in [1.54, 1.807) is 17.7 Å². The summed E-state index contributed by atoms with van der Waals surface area (Å²) in [5.41, 5.74) is 1.81. The van der Waals surface area contributed by atoms with E-state index >= 15 is 0 Å². The van der Waals surface area contributed by atoms with Crippen molar-refractivity contribution in [1.29, 1.82) is 0 Å². The Morgan fingerprint density at radius 3 is 2.64 bits per heavy atom. The first-order chi connectivity index (χ1) is 10.5. The Hall–Kier alpha value is -2.41. The topological polar surface area (TPSA) is 62.5 Å². The van der Waals surface area contributed by atoms with Crippen LogP contribution in [0.3, 0.4) is 0 Å². The minimum Gasteiger partial charge on any atom is -0.468 e. The normalized spacial score (nSPS) is 12.9. The summed E-state index contributed by atoms with van der Waals surface area (Å²) in [6.45, 7) is 2.02. The molecule has 2 aromatic heterocycles. The molecule has 0 unspecified atom stereocenters. The van der Waals surface area contributed by atoms with Crippen molar-refractivity contribution >= 4 is 34.7 Å². The van der Waals surface area contributed by atoms with Gasteiger partial charge in [0.2, 0.25) is 0 Å². The summed E-state index contributed by atoms with van der Waals surface area (Å²) in [6, 6.07) is 4.86. The second kappa shape index (κ2) is 4.30. The molecule has 1 aliphatic heterocycles. The molecule has 3 heterocycles. The van der Waals surface area contributed by atoms with Gasteiger partial charge in [-0.2, -0.15) is 0 Å². The number of aryl methyl sites for hydroxylation is 2. The van der Waals surface area contributed by atoms with Crippen LogP contribution in [0.5, 0.6) is 11.5 Å². The van der Waals surface area contributed by atoms with Gasteiger partial charge in [-0.25, -0.2) is 0 Å². The van der Waals surface area contributed by atoms with E-state index in [2.05, 4.69) is 12.9 Å². The lowest BCUT2D eigenvalue weighted by Crippen LogP contribution is -2.18. The number of rotatable bonds is 1. The van der Waals surface area contributed by atoms with Crippen LogP contribution in [-0.4, -0.2) is 9.13 Å². The fourth-order valence-electron chi connectivity index (χ4n) is 3.04. The first-order valence-corrected chi connectivity index (χ1v) is 7.04. The Morgan fingerprint density at radius 2 is 1.91 bits per heavy atom. The molecular formula is C15H12N2O4S. The van der Waals surface area contributed by atoms with Crippen LogP contribution in [0.1, 0.15) is 5.56 Å². The Kier molecular flexibility index (Phi) is 2.59. The minimum atomic E-state index is -0.232. The molecular weight excluding hydrogens is 304 g/mol. The van der Waals surface area contributed by atoms with Gasteiger partial charge >= 0.3 is 0 Å². The van der Waals surface area contributed by atoms with Crippen LogP contribution < -0.4 is 20.0 Å². The van der Waals surface area contributed by atoms with Gasteiger partial charge < -0.3 is 13.5 Å². The standard InChI is InChI=1S/C15H12N2O4S/c1-7-3-12(19)17-6-20-15-13-9(4-8(7)14(15)17)10(21-22)5-11(18)16(13)2/h3-5,22H,6H2,1-2H3. The number of nitrogens with zero attached hydrogens (tertiary/aromatic N) is 2. The Balaban J connectivity index is 2.38. The predicted molar refractivity (Wildman–Crippen MR) is 85.9 cm³/mol. The molecule has 7 heteroatoms. The maximum Gasteiger partial charge on any atom is 0.254 e. The fraction of sp³-hybridized carbons (Fsp3) is 0.200. The Morgan fingerprint density at radius 1 is 1.14 bits per heavy atom. The van der Waals surface area contributed by atoms with Crippen LogP contribution in [-0.2, 0) is 13.8 Å². The molecule has 0 spiro atoms. The molecule has 112 valence electrons. The molecule has 3 aromatic rings. The summed E-state index contributed by atoms with van der Waals surface area (Å²) in [7, 11) is 1.66. The van der Waals surface area contributed by atoms with Crippen LogP contribution >= 0.6 is 12.9 Å². The molecule has 0 amide bonds. The molecule has 0 atom stereocenters. The van der Waals surface area contributed by atoms with Gasteiger partial charge in [0.15, 0.2) is 18.2 Å². The number of benzene rings is 1. The van der Waals surface area contributed by atoms with E-state index in [9.17, 15) is 9.59 Å². The zero-order chi connectivity index (χ0) is 15.6. The van der Waals surface area contributed by atoms with E-state index in [0.717, 1.165) is 16.3 Å². The molecule has 0 radical (unpaired) electrons. The quantitative estimate of drug-likeness (QED) is 0.422. The third-order valence-electron chi connectivity index (χ3n) is 4.15. The molecule has 1 aromatic carbocycles. The number of hydrogen-bond acceptors (Lipinski definition) is 5. The van der Waals surface area contributed by atoms with Crippen molar-refractivity contribution in [1.82, 2.24) is 9.13 Å². The maximum atomic E-state index is 12.1. The summed E-state index contributed by atoms with van der Waals surface area (Å²) >= 11 is 3.84. The van der Waals surface area contributed by atoms with Crippen molar-refractivity contribution in [2.45, 2.75) is 13.7 Å². The molecule has 0 bridgehead atoms. The van der Waals surface area contributed by atoms with Crippen molar-refractivity contribution in [2.24, 2.45) is 7.05 Å². The van der Waals surface area contributed by atoms with Crippen molar-refractivity contribution in [3.63, 3.8) is 0 Å². The molecule has 6 nitrogen and oxygen atoms in total. The van der Waals surface area contributed by atoms with E-state index < -0.39 is 0 Å². The SMILES string of the molecule is Cc1cc(=O)n2c3c(c4c(cc13)c(OS)cc(=O)n4C)OC2. The molecule has 4 rings (SSSR count). The third kappa shape index (κ3) is 1.51. The van der Waals surface area contributed by atoms with E-state index in [1.165, 1.54) is 10.6 Å². The van der Waals surface area contributed by atoms with Crippen LogP contribution in [0.15, 0.2) is 27.8 Å². The molecule has 0 N–H and O–H groups in total. The maximum absolute atomic E-state index is 12.1. The van der Waals surface area contributed by atoms with Crippen LogP contribution in [0, 0.1) is 6.92 Å². The number of fused-ring (bicyclic) bond motifs is 2. The summed E-state index contributed by atoms with van der Waals surface area (Å²) in [4.78, 5) is 24.2. The lowest BCUT2D eigenvalue weighted by Gasteiger charge is -2.12. The predicted octanol–water partition coefficient (Wildman–Crippen LogP) is 1.74. The highest BCUT2D eigenvalue weighted by Crippen LogP contribution is 2.40.